The van der Waals surface area contributed by atoms with Crippen LogP contribution >= 0.6 is 0 Å². The van der Waals surface area contributed by atoms with Crippen LogP contribution in [-0.4, -0.2) is 110 Å². The van der Waals surface area contributed by atoms with Gasteiger partial charge in [0.25, 0.3) is 11.8 Å². The Labute approximate surface area is 247 Å². The molecule has 8 N–H and O–H groups in total. The highest BCUT2D eigenvalue weighted by Crippen LogP contribution is 2.42. The van der Waals surface area contributed by atoms with Crippen LogP contribution < -0.4 is 10.6 Å². The molecule has 2 fully saturated rings. The fourth-order valence-corrected chi connectivity index (χ4v) is 5.59. The van der Waals surface area contributed by atoms with E-state index in [0.29, 0.717) is 16.2 Å². The van der Waals surface area contributed by atoms with Crippen LogP contribution in [0.1, 0.15) is 39.9 Å². The van der Waals surface area contributed by atoms with Crippen molar-refractivity contribution < 1.29 is 54.2 Å². The number of nitrogens with zero attached hydrogens (tertiary/aromatic N) is 2. The second-order valence-electron chi connectivity index (χ2n) is 11.6. The Balaban J connectivity index is 1.38. The number of benzene rings is 2. The molecule has 2 aromatic rings. The first-order valence-electron chi connectivity index (χ1n) is 13.4. The number of aliphatic hydroxyl groups is 6. The molecule has 18 heteroatoms. The Morgan fingerprint density at radius 2 is 1.63 bits per heavy atom. The zero-order valence-corrected chi connectivity index (χ0v) is 23.6. The van der Waals surface area contributed by atoms with E-state index in [0.717, 1.165) is 28.4 Å². The Bertz CT molecular complexity index is 1500. The maximum atomic E-state index is 15.8. The second kappa shape index (κ2) is 10.1. The van der Waals surface area contributed by atoms with Crippen molar-refractivity contribution in [3.63, 3.8) is 0 Å². The van der Waals surface area contributed by atoms with Gasteiger partial charge in [0.15, 0.2) is 13.5 Å². The lowest BCUT2D eigenvalue weighted by atomic mass is 9.59. The standard InChI is InChI=1S/C25H30B3FN4O10/c26-22(27)24(39,40)33(23(28,38)25(41,42)43-22)10-13-4-1-3-12(18(13)29)9-30-16-6-2-5-14-15(16)11-32(19(14)35)21(37)8-7-17(34)31-20(21)36/h1-6,30,37-42H,7-11,26-28H2,(H,31,34,36). The molecule has 2 aromatic carbocycles. The molecular formula is C25H30B3FN4O10. The lowest BCUT2D eigenvalue weighted by molar-refractivity contribution is -0.518. The summed E-state index contributed by atoms with van der Waals surface area (Å²) in [6.07, 6.45) is -0.409. The number of rotatable bonds is 6. The van der Waals surface area contributed by atoms with Crippen molar-refractivity contribution in [2.24, 2.45) is 0 Å². The number of carbonyl (C=O) groups excluding carboxylic acids is 3. The zero-order valence-electron chi connectivity index (χ0n) is 23.6. The van der Waals surface area contributed by atoms with Crippen LogP contribution in [0.2, 0.25) is 0 Å². The highest BCUT2D eigenvalue weighted by Gasteiger charge is 2.67. The molecule has 2 saturated heterocycles. The summed E-state index contributed by atoms with van der Waals surface area (Å²) in [4.78, 5) is 38.7. The van der Waals surface area contributed by atoms with Crippen LogP contribution in [0.4, 0.5) is 10.1 Å². The van der Waals surface area contributed by atoms with Gasteiger partial charge in [0.05, 0.1) is 11.9 Å². The van der Waals surface area contributed by atoms with Crippen LogP contribution in [-0.2, 0) is 34.0 Å². The highest BCUT2D eigenvalue weighted by atomic mass is 19.1. The molecule has 0 aromatic heterocycles. The largest absolute Gasteiger partial charge is 0.381 e. The number of halogens is 1. The van der Waals surface area contributed by atoms with E-state index in [1.165, 1.54) is 24.3 Å². The number of carbonyl (C=O) groups is 3. The van der Waals surface area contributed by atoms with Gasteiger partial charge in [-0.3, -0.25) is 24.6 Å². The number of hydrogen-bond donors (Lipinski definition) is 8. The van der Waals surface area contributed by atoms with E-state index in [9.17, 15) is 45.0 Å². The van der Waals surface area contributed by atoms with Crippen LogP contribution in [0.5, 0.6) is 0 Å². The molecule has 14 nitrogen and oxygen atoms in total. The summed E-state index contributed by atoms with van der Waals surface area (Å²) in [6, 6.07) is 8.98. The van der Waals surface area contributed by atoms with Crippen LogP contribution in [0.3, 0.4) is 0 Å². The number of hydrogen-bond acceptors (Lipinski definition) is 12. The first-order valence-corrected chi connectivity index (χ1v) is 13.4. The van der Waals surface area contributed by atoms with Crippen molar-refractivity contribution in [1.29, 1.82) is 0 Å². The molecule has 3 aliphatic heterocycles. The van der Waals surface area contributed by atoms with E-state index in [4.69, 9.17) is 4.74 Å². The number of anilines is 1. The average molecular weight is 598 g/mol. The molecule has 0 aliphatic carbocycles. The van der Waals surface area contributed by atoms with Crippen molar-refractivity contribution in [1.82, 2.24) is 15.1 Å². The van der Waals surface area contributed by atoms with Gasteiger partial charge in [-0.05, 0) is 12.1 Å². The Morgan fingerprint density at radius 1 is 0.977 bits per heavy atom. The predicted molar refractivity (Wildman–Crippen MR) is 152 cm³/mol. The number of morpholine rings is 1. The quantitative estimate of drug-likeness (QED) is 0.0892. The number of imide groups is 1. The lowest BCUT2D eigenvalue weighted by Gasteiger charge is -2.60. The van der Waals surface area contributed by atoms with Crippen molar-refractivity contribution in [2.45, 2.75) is 61.1 Å². The van der Waals surface area contributed by atoms with Gasteiger partial charge in [-0.2, -0.15) is 0 Å². The first-order chi connectivity index (χ1) is 19.8. The third-order valence-corrected chi connectivity index (χ3v) is 8.41. The molecule has 226 valence electrons. The van der Waals surface area contributed by atoms with E-state index < -0.39 is 58.7 Å². The maximum Gasteiger partial charge on any atom is 0.313 e. The maximum absolute atomic E-state index is 15.8. The van der Waals surface area contributed by atoms with Gasteiger partial charge in [-0.1, -0.05) is 24.3 Å². The van der Waals surface area contributed by atoms with E-state index in [2.05, 4.69) is 10.6 Å². The summed E-state index contributed by atoms with van der Waals surface area (Å²) >= 11 is 0. The van der Waals surface area contributed by atoms with Crippen LogP contribution in [0, 0.1) is 5.82 Å². The minimum absolute atomic E-state index is 0.105. The number of ether oxygens (including phenoxy) is 1. The van der Waals surface area contributed by atoms with Crippen molar-refractivity contribution in [3.05, 3.63) is 64.5 Å². The van der Waals surface area contributed by atoms with Crippen LogP contribution in [0.25, 0.3) is 0 Å². The molecule has 0 saturated carbocycles. The van der Waals surface area contributed by atoms with E-state index in [1.807, 2.05) is 0 Å². The molecule has 3 aliphatic rings. The SMILES string of the molecule is BC1(B)OC(O)(O)C(B)(O)N(Cc2cccc(CNc3cccc4c3CN(C3(O)CCC(=O)NC3=O)C4=O)c2F)C1(O)O. The van der Waals surface area contributed by atoms with Gasteiger partial charge >= 0.3 is 5.97 Å². The van der Waals surface area contributed by atoms with Gasteiger partial charge in [0.1, 0.15) is 21.5 Å². The number of piperidine rings is 1. The second-order valence-corrected chi connectivity index (χ2v) is 11.6. The molecule has 2 atom stereocenters. The van der Waals surface area contributed by atoms with E-state index in [-0.39, 0.29) is 42.6 Å². The Hall–Kier alpha value is -3.35. The molecule has 5 rings (SSSR count). The summed E-state index contributed by atoms with van der Waals surface area (Å²) in [7, 11) is 3.17. The highest BCUT2D eigenvalue weighted by molar-refractivity contribution is 6.40. The summed E-state index contributed by atoms with van der Waals surface area (Å²) < 4.78 is 20.7. The monoisotopic (exact) mass is 598 g/mol. The van der Waals surface area contributed by atoms with E-state index >= 15 is 4.39 Å². The number of fused-ring (bicyclic) bond motifs is 1. The fourth-order valence-electron chi connectivity index (χ4n) is 5.59. The number of amides is 3. The van der Waals surface area contributed by atoms with Gasteiger partial charge in [0.2, 0.25) is 17.5 Å². The molecular weight excluding hydrogens is 568 g/mol. The van der Waals surface area contributed by atoms with Crippen LogP contribution in [0.15, 0.2) is 36.4 Å². The van der Waals surface area contributed by atoms with Gasteiger partial charge in [0, 0.05) is 53.9 Å². The van der Waals surface area contributed by atoms with Crippen molar-refractivity contribution in [3.8, 4) is 0 Å². The molecule has 3 heterocycles. The van der Waals surface area contributed by atoms with Gasteiger partial charge < -0.3 is 40.7 Å². The normalized spacial score (nSPS) is 28.0. The Morgan fingerprint density at radius 3 is 2.30 bits per heavy atom. The van der Waals surface area contributed by atoms with Gasteiger partial charge in [-0.25, -0.2) is 9.29 Å². The smallest absolute Gasteiger partial charge is 0.313 e. The fraction of sp³-hybridized carbons (Fsp3) is 0.400. The summed E-state index contributed by atoms with van der Waals surface area (Å²) in [6.45, 7) is -0.955. The number of nitrogens with one attached hydrogen (secondary N) is 2. The zero-order chi connectivity index (χ0) is 31.8. The molecule has 2 unspecified atom stereocenters. The minimum atomic E-state index is -3.25. The third kappa shape index (κ3) is 4.83. The minimum Gasteiger partial charge on any atom is -0.381 e. The topological polar surface area (TPSA) is 212 Å². The first kappa shape index (κ1) is 31.1. The van der Waals surface area contributed by atoms with Gasteiger partial charge in [-0.15, -0.1) is 0 Å². The molecule has 0 bridgehead atoms. The lowest BCUT2D eigenvalue weighted by Crippen LogP contribution is -2.84. The van der Waals surface area contributed by atoms with Crippen molar-refractivity contribution >= 4 is 46.9 Å². The molecule has 0 spiro atoms. The molecule has 43 heavy (non-hydrogen) atoms. The Kier molecular flexibility index (Phi) is 7.30. The molecule has 0 radical (unpaired) electrons. The summed E-state index contributed by atoms with van der Waals surface area (Å²) in [5, 5.41) is 67.2. The average Bonchev–Trinajstić information content (AvgIpc) is 3.25. The third-order valence-electron chi connectivity index (χ3n) is 8.41. The summed E-state index contributed by atoms with van der Waals surface area (Å²) in [5.74, 6) is -9.17. The van der Waals surface area contributed by atoms with E-state index in [1.54, 1.807) is 12.1 Å². The molecule has 3 amide bonds. The predicted octanol–water partition coefficient (Wildman–Crippen LogP) is -5.17. The summed E-state index contributed by atoms with van der Waals surface area (Å²) in [5.41, 5.74) is -3.95. The van der Waals surface area contributed by atoms with Crippen molar-refractivity contribution in [2.75, 3.05) is 5.32 Å².